The highest BCUT2D eigenvalue weighted by molar-refractivity contribution is 5.80. The van der Waals surface area contributed by atoms with Gasteiger partial charge in [0.15, 0.2) is 0 Å². The second-order valence-corrected chi connectivity index (χ2v) is 4.53. The van der Waals surface area contributed by atoms with Crippen molar-refractivity contribution in [3.8, 4) is 0 Å². The number of benzene rings is 1. The van der Waals surface area contributed by atoms with Crippen LogP contribution >= 0.6 is 0 Å². The van der Waals surface area contributed by atoms with Gasteiger partial charge in [-0.15, -0.1) is 0 Å². The van der Waals surface area contributed by atoms with E-state index in [0.29, 0.717) is 13.1 Å². The molecular formula is C13H18N2O2. The SMILES string of the molecule is C[C@@H](O)CNC(=O)C1CNc2ccccc2C1. The van der Waals surface area contributed by atoms with Crippen LogP contribution < -0.4 is 10.6 Å². The van der Waals surface area contributed by atoms with Gasteiger partial charge in [-0.2, -0.15) is 0 Å². The van der Waals surface area contributed by atoms with E-state index in [1.54, 1.807) is 6.92 Å². The van der Waals surface area contributed by atoms with Crippen LogP contribution in [0.3, 0.4) is 0 Å². The van der Waals surface area contributed by atoms with Gasteiger partial charge in [-0.25, -0.2) is 0 Å². The summed E-state index contributed by atoms with van der Waals surface area (Å²) >= 11 is 0. The first-order chi connectivity index (χ1) is 8.16. The van der Waals surface area contributed by atoms with Crippen LogP contribution in [0.15, 0.2) is 24.3 Å². The fraction of sp³-hybridized carbons (Fsp3) is 0.462. The van der Waals surface area contributed by atoms with Gasteiger partial charge in [0.1, 0.15) is 0 Å². The van der Waals surface area contributed by atoms with Crippen molar-refractivity contribution in [3.05, 3.63) is 29.8 Å². The standard InChI is InChI=1S/C13H18N2O2/c1-9(16)7-15-13(17)11-6-10-4-2-3-5-12(10)14-8-11/h2-5,9,11,14,16H,6-8H2,1H3,(H,15,17)/t9-,11?/m1/s1. The number of amides is 1. The monoisotopic (exact) mass is 234 g/mol. The molecule has 0 spiro atoms. The molecule has 1 aromatic rings. The van der Waals surface area contributed by atoms with Gasteiger partial charge in [0.05, 0.1) is 12.0 Å². The van der Waals surface area contributed by atoms with Gasteiger partial charge in [-0.1, -0.05) is 18.2 Å². The number of para-hydroxylation sites is 1. The Labute approximate surface area is 101 Å². The Morgan fingerprint density at radius 3 is 3.12 bits per heavy atom. The van der Waals surface area contributed by atoms with E-state index in [1.165, 1.54) is 5.56 Å². The molecule has 0 aromatic heterocycles. The van der Waals surface area contributed by atoms with E-state index < -0.39 is 6.10 Å². The van der Waals surface area contributed by atoms with Crippen molar-refractivity contribution < 1.29 is 9.90 Å². The van der Waals surface area contributed by atoms with Crippen LogP contribution in [-0.4, -0.2) is 30.2 Å². The maximum absolute atomic E-state index is 11.9. The number of hydrogen-bond acceptors (Lipinski definition) is 3. The molecule has 0 radical (unpaired) electrons. The summed E-state index contributed by atoms with van der Waals surface area (Å²) < 4.78 is 0. The van der Waals surface area contributed by atoms with Crippen molar-refractivity contribution in [2.24, 2.45) is 5.92 Å². The smallest absolute Gasteiger partial charge is 0.225 e. The average molecular weight is 234 g/mol. The third-order valence-corrected chi connectivity index (χ3v) is 2.97. The summed E-state index contributed by atoms with van der Waals surface area (Å²) in [4.78, 5) is 11.9. The first-order valence-electron chi connectivity index (χ1n) is 5.94. The fourth-order valence-corrected chi connectivity index (χ4v) is 2.02. The Morgan fingerprint density at radius 1 is 1.59 bits per heavy atom. The van der Waals surface area contributed by atoms with Gasteiger partial charge in [-0.3, -0.25) is 4.79 Å². The molecule has 0 bridgehead atoms. The molecule has 0 fully saturated rings. The Hall–Kier alpha value is -1.55. The van der Waals surface area contributed by atoms with Crippen molar-refractivity contribution in [2.45, 2.75) is 19.4 Å². The molecule has 4 nitrogen and oxygen atoms in total. The molecule has 1 aliphatic rings. The number of anilines is 1. The van der Waals surface area contributed by atoms with E-state index >= 15 is 0 Å². The molecule has 92 valence electrons. The summed E-state index contributed by atoms with van der Waals surface area (Å²) in [5.41, 5.74) is 2.29. The van der Waals surface area contributed by atoms with Gasteiger partial charge >= 0.3 is 0 Å². The van der Waals surface area contributed by atoms with Gasteiger partial charge < -0.3 is 15.7 Å². The highest BCUT2D eigenvalue weighted by Gasteiger charge is 2.23. The molecule has 0 aliphatic carbocycles. The van der Waals surface area contributed by atoms with Crippen LogP contribution in [0.4, 0.5) is 5.69 Å². The lowest BCUT2D eigenvalue weighted by molar-refractivity contribution is -0.125. The number of carbonyl (C=O) groups is 1. The first-order valence-corrected chi connectivity index (χ1v) is 5.94. The number of carbonyl (C=O) groups excluding carboxylic acids is 1. The van der Waals surface area contributed by atoms with Gasteiger partial charge in [0.2, 0.25) is 5.91 Å². The molecule has 1 aromatic carbocycles. The lowest BCUT2D eigenvalue weighted by atomic mass is 9.93. The second-order valence-electron chi connectivity index (χ2n) is 4.53. The van der Waals surface area contributed by atoms with E-state index in [9.17, 15) is 4.79 Å². The Morgan fingerprint density at radius 2 is 2.35 bits per heavy atom. The van der Waals surface area contributed by atoms with Gasteiger partial charge in [0, 0.05) is 18.8 Å². The maximum Gasteiger partial charge on any atom is 0.225 e. The number of nitrogens with one attached hydrogen (secondary N) is 2. The first kappa shape index (κ1) is 11.9. The van der Waals surface area contributed by atoms with Crippen LogP contribution in [0, 0.1) is 5.92 Å². The number of aliphatic hydroxyl groups is 1. The second kappa shape index (κ2) is 5.19. The minimum atomic E-state index is -0.497. The number of rotatable bonds is 3. The maximum atomic E-state index is 11.9. The van der Waals surface area contributed by atoms with E-state index in [4.69, 9.17) is 5.11 Å². The van der Waals surface area contributed by atoms with Crippen molar-refractivity contribution in [1.82, 2.24) is 5.32 Å². The van der Waals surface area contributed by atoms with Crippen LogP contribution in [-0.2, 0) is 11.2 Å². The average Bonchev–Trinajstić information content (AvgIpc) is 2.35. The minimum Gasteiger partial charge on any atom is -0.392 e. The summed E-state index contributed by atoms with van der Waals surface area (Å²) in [5, 5.41) is 15.1. The predicted molar refractivity (Wildman–Crippen MR) is 66.8 cm³/mol. The third kappa shape index (κ3) is 2.97. The van der Waals surface area contributed by atoms with Gasteiger partial charge in [-0.05, 0) is 25.0 Å². The fourth-order valence-electron chi connectivity index (χ4n) is 2.02. The molecule has 2 rings (SSSR count). The highest BCUT2D eigenvalue weighted by Crippen LogP contribution is 2.24. The summed E-state index contributed by atoms with van der Waals surface area (Å²) in [6, 6.07) is 8.03. The van der Waals surface area contributed by atoms with Crippen molar-refractivity contribution >= 4 is 11.6 Å². The molecule has 0 saturated heterocycles. The Kier molecular flexibility index (Phi) is 3.64. The number of aliphatic hydroxyl groups excluding tert-OH is 1. The van der Waals surface area contributed by atoms with E-state index in [1.807, 2.05) is 24.3 Å². The number of fused-ring (bicyclic) bond motifs is 1. The Bertz CT molecular complexity index is 404. The summed E-state index contributed by atoms with van der Waals surface area (Å²) in [6.45, 7) is 2.63. The molecule has 1 unspecified atom stereocenters. The summed E-state index contributed by atoms with van der Waals surface area (Å²) in [5.74, 6) is -0.0449. The molecule has 0 saturated carbocycles. The molecule has 1 aliphatic heterocycles. The van der Waals surface area contributed by atoms with Crippen LogP contribution in [0.25, 0.3) is 0 Å². The quantitative estimate of drug-likeness (QED) is 0.724. The van der Waals surface area contributed by atoms with E-state index in [0.717, 1.165) is 12.1 Å². The topological polar surface area (TPSA) is 61.4 Å². The van der Waals surface area contributed by atoms with Crippen LogP contribution in [0.2, 0.25) is 0 Å². The zero-order valence-corrected chi connectivity index (χ0v) is 9.94. The van der Waals surface area contributed by atoms with Crippen LogP contribution in [0.5, 0.6) is 0 Å². The largest absolute Gasteiger partial charge is 0.392 e. The van der Waals surface area contributed by atoms with E-state index in [-0.39, 0.29) is 11.8 Å². The molecule has 3 N–H and O–H groups in total. The van der Waals surface area contributed by atoms with Crippen LogP contribution in [0.1, 0.15) is 12.5 Å². The number of hydrogen-bond donors (Lipinski definition) is 3. The zero-order chi connectivity index (χ0) is 12.3. The van der Waals surface area contributed by atoms with Crippen molar-refractivity contribution in [2.75, 3.05) is 18.4 Å². The predicted octanol–water partition coefficient (Wildman–Crippen LogP) is 0.768. The zero-order valence-electron chi connectivity index (χ0n) is 9.94. The Balaban J connectivity index is 1.95. The normalized spacial score (nSPS) is 20.0. The molecule has 4 heteroatoms. The molecule has 1 amide bonds. The lowest BCUT2D eigenvalue weighted by Crippen LogP contribution is -2.40. The van der Waals surface area contributed by atoms with E-state index in [2.05, 4.69) is 10.6 Å². The lowest BCUT2D eigenvalue weighted by Gasteiger charge is -2.25. The molecule has 2 atom stereocenters. The van der Waals surface area contributed by atoms with Crippen molar-refractivity contribution in [3.63, 3.8) is 0 Å². The third-order valence-electron chi connectivity index (χ3n) is 2.97. The molecule has 17 heavy (non-hydrogen) atoms. The van der Waals surface area contributed by atoms with Crippen molar-refractivity contribution in [1.29, 1.82) is 0 Å². The summed E-state index contributed by atoms with van der Waals surface area (Å²) in [6.07, 6.45) is 0.261. The van der Waals surface area contributed by atoms with Gasteiger partial charge in [0.25, 0.3) is 0 Å². The minimum absolute atomic E-state index is 0.00732. The highest BCUT2D eigenvalue weighted by atomic mass is 16.3. The summed E-state index contributed by atoms with van der Waals surface area (Å²) in [7, 11) is 0. The molecule has 1 heterocycles. The molecular weight excluding hydrogens is 216 g/mol.